The van der Waals surface area contributed by atoms with Crippen molar-refractivity contribution in [1.82, 2.24) is 9.78 Å². The molecule has 0 bridgehead atoms. The zero-order valence-corrected chi connectivity index (χ0v) is 13.9. The highest BCUT2D eigenvalue weighted by Gasteiger charge is 2.32. The van der Waals surface area contributed by atoms with Crippen molar-refractivity contribution < 1.29 is 9.90 Å². The third-order valence-corrected chi connectivity index (χ3v) is 5.15. The fourth-order valence-electron chi connectivity index (χ4n) is 3.70. The maximum atomic E-state index is 13.2. The van der Waals surface area contributed by atoms with E-state index in [0.717, 1.165) is 29.1 Å². The number of nitrogens with two attached hydrogens (primary N) is 1. The summed E-state index contributed by atoms with van der Waals surface area (Å²) in [5.41, 5.74) is 9.47. The number of benzene rings is 1. The number of aromatic nitrogens is 2. The molecule has 2 aromatic rings. The van der Waals surface area contributed by atoms with Crippen LogP contribution in [0.3, 0.4) is 0 Å². The van der Waals surface area contributed by atoms with Crippen molar-refractivity contribution in [3.8, 4) is 0 Å². The zero-order valence-electron chi connectivity index (χ0n) is 13.1. The number of anilines is 2. The SMILES string of the molecule is Nc1nn(C(=O)C2CCNc3ccc(Cl)cc32)c2c1C[C@H](O)CC2. The molecule has 1 aromatic carbocycles. The Balaban J connectivity index is 1.74. The summed E-state index contributed by atoms with van der Waals surface area (Å²) in [6.45, 7) is 0.725. The molecule has 24 heavy (non-hydrogen) atoms. The van der Waals surface area contributed by atoms with Gasteiger partial charge in [-0.2, -0.15) is 0 Å². The minimum Gasteiger partial charge on any atom is -0.393 e. The number of carbonyl (C=O) groups is 1. The van der Waals surface area contributed by atoms with Crippen LogP contribution in [0.5, 0.6) is 0 Å². The highest BCUT2D eigenvalue weighted by atomic mass is 35.5. The van der Waals surface area contributed by atoms with Gasteiger partial charge in [0.05, 0.1) is 17.7 Å². The minimum atomic E-state index is -0.411. The Labute approximate surface area is 144 Å². The lowest BCUT2D eigenvalue weighted by atomic mass is 9.89. The van der Waals surface area contributed by atoms with Gasteiger partial charge >= 0.3 is 0 Å². The van der Waals surface area contributed by atoms with E-state index in [4.69, 9.17) is 17.3 Å². The van der Waals surface area contributed by atoms with Crippen molar-refractivity contribution in [3.63, 3.8) is 0 Å². The number of nitrogens with one attached hydrogen (secondary N) is 1. The molecule has 0 radical (unpaired) electrons. The number of carbonyl (C=O) groups excluding carboxylic acids is 1. The molecule has 6 nitrogen and oxygen atoms in total. The van der Waals surface area contributed by atoms with Crippen LogP contribution in [-0.4, -0.2) is 33.4 Å². The van der Waals surface area contributed by atoms with Gasteiger partial charge in [-0.25, -0.2) is 4.68 Å². The summed E-state index contributed by atoms with van der Waals surface area (Å²) in [5.74, 6) is -0.0306. The van der Waals surface area contributed by atoms with Crippen LogP contribution in [-0.2, 0) is 12.8 Å². The molecule has 1 unspecified atom stereocenters. The van der Waals surface area contributed by atoms with Gasteiger partial charge in [0.25, 0.3) is 5.91 Å². The van der Waals surface area contributed by atoms with Crippen LogP contribution in [0.15, 0.2) is 18.2 Å². The van der Waals surface area contributed by atoms with Gasteiger partial charge in [0.1, 0.15) is 5.82 Å². The van der Waals surface area contributed by atoms with E-state index in [1.54, 1.807) is 0 Å². The van der Waals surface area contributed by atoms with Gasteiger partial charge < -0.3 is 16.2 Å². The number of fused-ring (bicyclic) bond motifs is 2. The summed E-state index contributed by atoms with van der Waals surface area (Å²) >= 11 is 6.12. The van der Waals surface area contributed by atoms with Crippen molar-refractivity contribution in [1.29, 1.82) is 0 Å². The first-order chi connectivity index (χ1) is 11.5. The number of nitrogen functional groups attached to an aromatic ring is 1. The first kappa shape index (κ1) is 15.5. The number of aliphatic hydroxyl groups is 1. The van der Waals surface area contributed by atoms with Crippen molar-refractivity contribution >= 4 is 29.0 Å². The Bertz CT molecular complexity index is 817. The van der Waals surface area contributed by atoms with Gasteiger partial charge in [0.2, 0.25) is 0 Å². The molecule has 0 spiro atoms. The van der Waals surface area contributed by atoms with Gasteiger partial charge in [0, 0.05) is 29.2 Å². The zero-order chi connectivity index (χ0) is 16.8. The lowest BCUT2D eigenvalue weighted by Gasteiger charge is -2.26. The molecule has 1 aliphatic heterocycles. The normalized spacial score (nSPS) is 22.4. The number of rotatable bonds is 1. The van der Waals surface area contributed by atoms with Crippen molar-refractivity contribution in [2.75, 3.05) is 17.6 Å². The Kier molecular flexibility index (Phi) is 3.73. The van der Waals surface area contributed by atoms with E-state index in [-0.39, 0.29) is 11.8 Å². The van der Waals surface area contributed by atoms with Gasteiger partial charge in [-0.1, -0.05) is 11.6 Å². The summed E-state index contributed by atoms with van der Waals surface area (Å²) in [7, 11) is 0. The van der Waals surface area contributed by atoms with Crippen molar-refractivity contribution in [2.24, 2.45) is 0 Å². The summed E-state index contributed by atoms with van der Waals surface area (Å²) in [4.78, 5) is 13.2. The van der Waals surface area contributed by atoms with E-state index >= 15 is 0 Å². The third-order valence-electron chi connectivity index (χ3n) is 4.92. The molecule has 0 saturated heterocycles. The quantitative estimate of drug-likeness (QED) is 0.736. The van der Waals surface area contributed by atoms with E-state index in [1.807, 2.05) is 18.2 Å². The first-order valence-electron chi connectivity index (χ1n) is 8.16. The predicted octanol–water partition coefficient (Wildman–Crippen LogP) is 2.21. The average molecular weight is 347 g/mol. The topological polar surface area (TPSA) is 93.2 Å². The smallest absolute Gasteiger partial charge is 0.254 e. The molecule has 1 aliphatic carbocycles. The van der Waals surface area contributed by atoms with E-state index in [9.17, 15) is 9.90 Å². The van der Waals surface area contributed by atoms with Crippen LogP contribution >= 0.6 is 11.6 Å². The summed E-state index contributed by atoms with van der Waals surface area (Å²) < 4.78 is 1.46. The molecule has 4 N–H and O–H groups in total. The molecule has 0 saturated carbocycles. The molecule has 2 aliphatic rings. The van der Waals surface area contributed by atoms with Crippen molar-refractivity contribution in [2.45, 2.75) is 37.7 Å². The molecular weight excluding hydrogens is 328 g/mol. The number of halogens is 1. The maximum Gasteiger partial charge on any atom is 0.254 e. The van der Waals surface area contributed by atoms with E-state index in [1.165, 1.54) is 4.68 Å². The third kappa shape index (κ3) is 2.46. The summed E-state index contributed by atoms with van der Waals surface area (Å²) in [6.07, 6.45) is 1.97. The van der Waals surface area contributed by atoms with Crippen LogP contribution in [0.4, 0.5) is 11.5 Å². The second kappa shape index (κ2) is 5.79. The average Bonchev–Trinajstić information content (AvgIpc) is 2.90. The molecule has 7 heteroatoms. The fourth-order valence-corrected chi connectivity index (χ4v) is 3.88. The molecule has 2 atom stereocenters. The Morgan fingerprint density at radius 3 is 3.08 bits per heavy atom. The minimum absolute atomic E-state index is 0.0793. The first-order valence-corrected chi connectivity index (χ1v) is 8.54. The number of hydrogen-bond acceptors (Lipinski definition) is 5. The van der Waals surface area contributed by atoms with Crippen LogP contribution in [0, 0.1) is 0 Å². The van der Waals surface area contributed by atoms with Gasteiger partial charge in [-0.15, -0.1) is 5.10 Å². The second-order valence-corrected chi connectivity index (χ2v) is 6.89. The molecule has 126 valence electrons. The highest BCUT2D eigenvalue weighted by molar-refractivity contribution is 6.30. The summed E-state index contributed by atoms with van der Waals surface area (Å²) in [6, 6.07) is 5.56. The monoisotopic (exact) mass is 346 g/mol. The molecule has 4 rings (SSSR count). The second-order valence-electron chi connectivity index (χ2n) is 6.46. The van der Waals surface area contributed by atoms with E-state index < -0.39 is 6.10 Å². The van der Waals surface area contributed by atoms with Crippen LogP contribution in [0.1, 0.15) is 40.4 Å². The highest BCUT2D eigenvalue weighted by Crippen LogP contribution is 2.36. The molecule has 1 aromatic heterocycles. The number of hydrogen-bond donors (Lipinski definition) is 3. The summed E-state index contributed by atoms with van der Waals surface area (Å²) in [5, 5.41) is 18.0. The lowest BCUT2D eigenvalue weighted by Crippen LogP contribution is -2.30. The van der Waals surface area contributed by atoms with Gasteiger partial charge in [0.15, 0.2) is 0 Å². The molecule has 0 fully saturated rings. The van der Waals surface area contributed by atoms with Gasteiger partial charge in [-0.05, 0) is 43.0 Å². The standard InChI is InChI=1S/C17H19ClN4O2/c18-9-1-3-14-12(7-9)11(5-6-20-14)17(24)22-15-4-2-10(23)8-13(15)16(19)21-22/h1,3,7,10-11,20,23H,2,4-6,8H2,(H2,19,21)/t10-,11?/m1/s1. The Morgan fingerprint density at radius 2 is 2.25 bits per heavy atom. The van der Waals surface area contributed by atoms with Gasteiger partial charge in [-0.3, -0.25) is 4.79 Å². The lowest BCUT2D eigenvalue weighted by molar-refractivity contribution is 0.0848. The van der Waals surface area contributed by atoms with Crippen LogP contribution in [0.2, 0.25) is 5.02 Å². The van der Waals surface area contributed by atoms with E-state index in [2.05, 4.69) is 10.4 Å². The molecule has 0 amide bonds. The van der Waals surface area contributed by atoms with Crippen LogP contribution < -0.4 is 11.1 Å². The molecular formula is C17H19ClN4O2. The Morgan fingerprint density at radius 1 is 1.42 bits per heavy atom. The fraction of sp³-hybridized carbons (Fsp3) is 0.412. The number of nitrogens with zero attached hydrogens (tertiary/aromatic N) is 2. The van der Waals surface area contributed by atoms with E-state index in [0.29, 0.717) is 36.5 Å². The number of aliphatic hydroxyl groups excluding tert-OH is 1. The molecule has 2 heterocycles. The Hall–Kier alpha value is -2.05. The largest absolute Gasteiger partial charge is 0.393 e. The van der Waals surface area contributed by atoms with Crippen molar-refractivity contribution in [3.05, 3.63) is 40.0 Å². The predicted molar refractivity (Wildman–Crippen MR) is 92.6 cm³/mol. The van der Waals surface area contributed by atoms with Crippen LogP contribution in [0.25, 0.3) is 0 Å². The maximum absolute atomic E-state index is 13.2.